The first-order chi connectivity index (χ1) is 8.48. The van der Waals surface area contributed by atoms with Crippen LogP contribution in [0.15, 0.2) is 0 Å². The summed E-state index contributed by atoms with van der Waals surface area (Å²) in [5.74, 6) is 0.514. The van der Waals surface area contributed by atoms with Crippen molar-refractivity contribution in [1.82, 2.24) is 5.32 Å². The Morgan fingerprint density at radius 1 is 1.22 bits per heavy atom. The molecule has 1 aliphatic carbocycles. The quantitative estimate of drug-likeness (QED) is 0.742. The molecule has 1 fully saturated rings. The van der Waals surface area contributed by atoms with E-state index < -0.39 is 5.60 Å². The van der Waals surface area contributed by atoms with E-state index in [0.29, 0.717) is 12.5 Å². The molecule has 0 heterocycles. The van der Waals surface area contributed by atoms with Crippen molar-refractivity contribution in [3.8, 4) is 0 Å². The monoisotopic (exact) mass is 255 g/mol. The maximum atomic E-state index is 12.0. The zero-order chi connectivity index (χ0) is 13.6. The predicted molar refractivity (Wildman–Crippen MR) is 74.3 cm³/mol. The molecule has 0 saturated heterocycles. The lowest BCUT2D eigenvalue weighted by atomic mass is 9.91. The van der Waals surface area contributed by atoms with E-state index in [2.05, 4.69) is 19.2 Å². The van der Waals surface area contributed by atoms with Crippen LogP contribution in [0.3, 0.4) is 0 Å². The topological polar surface area (TPSA) is 49.3 Å². The van der Waals surface area contributed by atoms with Gasteiger partial charge in [0, 0.05) is 12.5 Å². The molecular weight excluding hydrogens is 226 g/mol. The minimum absolute atomic E-state index is 0.0318. The number of rotatable bonds is 5. The molecule has 0 radical (unpaired) electrons. The van der Waals surface area contributed by atoms with Crippen molar-refractivity contribution in [1.29, 1.82) is 0 Å². The minimum Gasteiger partial charge on any atom is -0.388 e. The fourth-order valence-corrected chi connectivity index (χ4v) is 2.59. The van der Waals surface area contributed by atoms with Gasteiger partial charge in [-0.05, 0) is 18.8 Å². The number of hydrogen-bond acceptors (Lipinski definition) is 2. The average Bonchev–Trinajstić information content (AvgIpc) is 2.59. The molecular formula is C15H29NO2. The van der Waals surface area contributed by atoms with E-state index in [9.17, 15) is 9.90 Å². The Morgan fingerprint density at radius 3 is 2.28 bits per heavy atom. The predicted octanol–water partition coefficient (Wildman–Crippen LogP) is 2.87. The zero-order valence-electron chi connectivity index (χ0n) is 12.2. The van der Waals surface area contributed by atoms with E-state index in [-0.39, 0.29) is 11.8 Å². The lowest BCUT2D eigenvalue weighted by Crippen LogP contribution is -2.44. The van der Waals surface area contributed by atoms with E-state index >= 15 is 0 Å². The summed E-state index contributed by atoms with van der Waals surface area (Å²) < 4.78 is 0. The minimum atomic E-state index is -0.665. The lowest BCUT2D eigenvalue weighted by molar-refractivity contribution is -0.127. The fraction of sp³-hybridized carbons (Fsp3) is 0.933. The highest BCUT2D eigenvalue weighted by Crippen LogP contribution is 2.26. The summed E-state index contributed by atoms with van der Waals surface area (Å²) in [6.07, 6.45) is 7.23. The van der Waals surface area contributed by atoms with Gasteiger partial charge in [-0.25, -0.2) is 0 Å². The van der Waals surface area contributed by atoms with Gasteiger partial charge in [0.15, 0.2) is 0 Å². The first kappa shape index (κ1) is 15.5. The molecule has 3 nitrogen and oxygen atoms in total. The summed E-state index contributed by atoms with van der Waals surface area (Å²) in [6.45, 7) is 6.60. The number of hydrogen-bond donors (Lipinski definition) is 2. The maximum Gasteiger partial charge on any atom is 0.223 e. The Hall–Kier alpha value is -0.570. The third kappa shape index (κ3) is 4.60. The summed E-state index contributed by atoms with van der Waals surface area (Å²) in [6, 6.07) is 0. The van der Waals surface area contributed by atoms with Crippen LogP contribution in [0.5, 0.6) is 0 Å². The van der Waals surface area contributed by atoms with Crippen LogP contribution in [0, 0.1) is 11.8 Å². The molecule has 0 aromatic carbocycles. The zero-order valence-corrected chi connectivity index (χ0v) is 12.2. The van der Waals surface area contributed by atoms with Gasteiger partial charge in [-0.1, -0.05) is 52.9 Å². The Labute approximate surface area is 111 Å². The highest BCUT2D eigenvalue weighted by Gasteiger charge is 2.29. The van der Waals surface area contributed by atoms with Crippen LogP contribution in [0.4, 0.5) is 0 Å². The normalized spacial score (nSPS) is 22.9. The molecule has 2 N–H and O–H groups in total. The maximum absolute atomic E-state index is 12.0. The van der Waals surface area contributed by atoms with Gasteiger partial charge in [-0.15, -0.1) is 0 Å². The Kier molecular flexibility index (Phi) is 6.13. The summed E-state index contributed by atoms with van der Waals surface area (Å²) in [4.78, 5) is 12.0. The summed E-state index contributed by atoms with van der Waals surface area (Å²) in [5.41, 5.74) is -0.665. The van der Waals surface area contributed by atoms with Crippen molar-refractivity contribution in [2.45, 2.75) is 71.3 Å². The average molecular weight is 255 g/mol. The molecule has 0 aliphatic heterocycles. The number of aliphatic hydroxyl groups is 1. The van der Waals surface area contributed by atoms with E-state index in [4.69, 9.17) is 0 Å². The summed E-state index contributed by atoms with van der Waals surface area (Å²) in [5, 5.41) is 13.4. The SMILES string of the molecule is CCC(C)C(C)C(=O)NCC1(O)CCCCCC1. The Balaban J connectivity index is 2.40. The highest BCUT2D eigenvalue weighted by molar-refractivity contribution is 5.78. The molecule has 106 valence electrons. The van der Waals surface area contributed by atoms with Crippen LogP contribution < -0.4 is 5.32 Å². The molecule has 1 saturated carbocycles. The van der Waals surface area contributed by atoms with Crippen LogP contribution in [0.1, 0.15) is 65.7 Å². The molecule has 2 unspecified atom stereocenters. The van der Waals surface area contributed by atoms with Gasteiger partial charge in [-0.3, -0.25) is 4.79 Å². The molecule has 0 aromatic rings. The second-order valence-corrected chi connectivity index (χ2v) is 6.03. The van der Waals surface area contributed by atoms with Crippen LogP contribution in [-0.2, 0) is 4.79 Å². The fourth-order valence-electron chi connectivity index (χ4n) is 2.59. The van der Waals surface area contributed by atoms with Gasteiger partial charge in [-0.2, -0.15) is 0 Å². The highest BCUT2D eigenvalue weighted by atomic mass is 16.3. The third-order valence-electron chi connectivity index (χ3n) is 4.54. The van der Waals surface area contributed by atoms with Crippen molar-refractivity contribution in [3.63, 3.8) is 0 Å². The van der Waals surface area contributed by atoms with Crippen molar-refractivity contribution in [2.75, 3.05) is 6.54 Å². The molecule has 3 heteroatoms. The Morgan fingerprint density at radius 2 is 1.78 bits per heavy atom. The second-order valence-electron chi connectivity index (χ2n) is 6.03. The first-order valence-corrected chi connectivity index (χ1v) is 7.48. The van der Waals surface area contributed by atoms with Gasteiger partial charge in [0.25, 0.3) is 0 Å². The van der Waals surface area contributed by atoms with Gasteiger partial charge in [0.1, 0.15) is 0 Å². The van der Waals surface area contributed by atoms with Gasteiger partial charge in [0.05, 0.1) is 5.60 Å². The smallest absolute Gasteiger partial charge is 0.223 e. The lowest BCUT2D eigenvalue weighted by Gasteiger charge is -2.28. The number of nitrogens with one attached hydrogen (secondary N) is 1. The van der Waals surface area contributed by atoms with Crippen LogP contribution in [-0.4, -0.2) is 23.2 Å². The Bertz CT molecular complexity index is 257. The summed E-state index contributed by atoms with van der Waals surface area (Å²) >= 11 is 0. The van der Waals surface area contributed by atoms with E-state index in [0.717, 1.165) is 32.1 Å². The molecule has 1 rings (SSSR count). The number of carbonyl (C=O) groups is 1. The molecule has 1 aliphatic rings. The molecule has 18 heavy (non-hydrogen) atoms. The van der Waals surface area contributed by atoms with Crippen molar-refractivity contribution in [2.24, 2.45) is 11.8 Å². The van der Waals surface area contributed by atoms with Gasteiger partial charge in [0.2, 0.25) is 5.91 Å². The van der Waals surface area contributed by atoms with Crippen molar-refractivity contribution >= 4 is 5.91 Å². The molecule has 0 spiro atoms. The van der Waals surface area contributed by atoms with Crippen molar-refractivity contribution in [3.05, 3.63) is 0 Å². The first-order valence-electron chi connectivity index (χ1n) is 7.48. The second kappa shape index (κ2) is 7.13. The van der Waals surface area contributed by atoms with Crippen LogP contribution in [0.2, 0.25) is 0 Å². The standard InChI is InChI=1S/C15H29NO2/c1-4-12(2)13(3)14(17)16-11-15(18)9-7-5-6-8-10-15/h12-13,18H,4-11H2,1-3H3,(H,16,17). The largest absolute Gasteiger partial charge is 0.388 e. The van der Waals surface area contributed by atoms with E-state index in [1.165, 1.54) is 12.8 Å². The third-order valence-corrected chi connectivity index (χ3v) is 4.54. The van der Waals surface area contributed by atoms with Gasteiger partial charge >= 0.3 is 0 Å². The van der Waals surface area contributed by atoms with Gasteiger partial charge < -0.3 is 10.4 Å². The van der Waals surface area contributed by atoms with Crippen LogP contribution >= 0.6 is 0 Å². The van der Waals surface area contributed by atoms with E-state index in [1.54, 1.807) is 0 Å². The number of amides is 1. The molecule has 1 amide bonds. The van der Waals surface area contributed by atoms with Crippen LogP contribution in [0.25, 0.3) is 0 Å². The van der Waals surface area contributed by atoms with Crippen molar-refractivity contribution < 1.29 is 9.90 Å². The number of carbonyl (C=O) groups excluding carboxylic acids is 1. The molecule has 0 aromatic heterocycles. The molecule has 2 atom stereocenters. The summed E-state index contributed by atoms with van der Waals surface area (Å²) in [7, 11) is 0. The van der Waals surface area contributed by atoms with E-state index in [1.807, 2.05) is 6.92 Å². The molecule has 0 bridgehead atoms.